The molecule has 0 saturated heterocycles. The molecule has 1 aliphatic rings. The molecule has 144 valence electrons. The van der Waals surface area contributed by atoms with E-state index in [2.05, 4.69) is 16.2 Å². The van der Waals surface area contributed by atoms with Crippen LogP contribution in [-0.4, -0.2) is 23.3 Å². The molecular formula is C20H20N4O4. The number of amides is 3. The SMILES string of the molecule is CC(NC(=O)NNC(=O)c1cn(C)c2ccccc12)c1ccc2c(c1)OCO2. The second-order valence-corrected chi connectivity index (χ2v) is 6.56. The topological polar surface area (TPSA) is 93.6 Å². The average Bonchev–Trinajstić information content (AvgIpc) is 3.30. The first-order valence-corrected chi connectivity index (χ1v) is 8.83. The fraction of sp³-hybridized carbons (Fsp3) is 0.200. The van der Waals surface area contributed by atoms with Crippen molar-refractivity contribution >= 4 is 22.8 Å². The average molecular weight is 380 g/mol. The van der Waals surface area contributed by atoms with Crippen LogP contribution in [0, 0.1) is 0 Å². The van der Waals surface area contributed by atoms with Gasteiger partial charge in [0.15, 0.2) is 11.5 Å². The number of rotatable bonds is 3. The third-order valence-corrected chi connectivity index (χ3v) is 4.68. The number of nitrogens with one attached hydrogen (secondary N) is 3. The molecule has 1 unspecified atom stereocenters. The van der Waals surface area contributed by atoms with Crippen molar-refractivity contribution in [2.24, 2.45) is 7.05 Å². The Morgan fingerprint density at radius 1 is 1.07 bits per heavy atom. The number of hydrazine groups is 1. The number of carbonyl (C=O) groups is 2. The number of ether oxygens (including phenoxy) is 2. The molecular weight excluding hydrogens is 360 g/mol. The molecule has 0 spiro atoms. The summed E-state index contributed by atoms with van der Waals surface area (Å²) in [6, 6.07) is 12.2. The molecule has 0 fully saturated rings. The predicted molar refractivity (Wildman–Crippen MR) is 103 cm³/mol. The summed E-state index contributed by atoms with van der Waals surface area (Å²) in [4.78, 5) is 24.6. The summed E-state index contributed by atoms with van der Waals surface area (Å²) in [6.07, 6.45) is 1.73. The quantitative estimate of drug-likeness (QED) is 0.609. The van der Waals surface area contributed by atoms with E-state index in [4.69, 9.17) is 9.47 Å². The van der Waals surface area contributed by atoms with Crippen LogP contribution in [0.2, 0.25) is 0 Å². The fourth-order valence-corrected chi connectivity index (χ4v) is 3.20. The summed E-state index contributed by atoms with van der Waals surface area (Å²) in [5.74, 6) is 0.946. The van der Waals surface area contributed by atoms with Gasteiger partial charge in [0.2, 0.25) is 6.79 Å². The van der Waals surface area contributed by atoms with Crippen LogP contribution in [0.3, 0.4) is 0 Å². The molecule has 0 bridgehead atoms. The van der Waals surface area contributed by atoms with Crippen molar-refractivity contribution in [3.8, 4) is 11.5 Å². The van der Waals surface area contributed by atoms with E-state index >= 15 is 0 Å². The molecule has 0 radical (unpaired) electrons. The van der Waals surface area contributed by atoms with E-state index in [0.29, 0.717) is 17.1 Å². The van der Waals surface area contributed by atoms with Crippen molar-refractivity contribution in [1.29, 1.82) is 0 Å². The van der Waals surface area contributed by atoms with E-state index in [1.807, 2.05) is 54.9 Å². The summed E-state index contributed by atoms with van der Waals surface area (Å²) in [7, 11) is 1.87. The van der Waals surface area contributed by atoms with Gasteiger partial charge in [-0.3, -0.25) is 10.2 Å². The van der Waals surface area contributed by atoms with Crippen molar-refractivity contribution in [2.75, 3.05) is 6.79 Å². The summed E-state index contributed by atoms with van der Waals surface area (Å²) in [6.45, 7) is 2.03. The second kappa shape index (κ2) is 7.15. The van der Waals surface area contributed by atoms with E-state index in [1.54, 1.807) is 12.3 Å². The molecule has 28 heavy (non-hydrogen) atoms. The van der Waals surface area contributed by atoms with Crippen molar-refractivity contribution < 1.29 is 19.1 Å². The maximum atomic E-state index is 12.5. The van der Waals surface area contributed by atoms with Crippen LogP contribution in [0.25, 0.3) is 10.9 Å². The Kier molecular flexibility index (Phi) is 4.52. The van der Waals surface area contributed by atoms with Gasteiger partial charge >= 0.3 is 6.03 Å². The number of urea groups is 1. The number of nitrogens with zero attached hydrogens (tertiary/aromatic N) is 1. The molecule has 2 aromatic carbocycles. The molecule has 8 heteroatoms. The lowest BCUT2D eigenvalue weighted by Gasteiger charge is -2.15. The fourth-order valence-electron chi connectivity index (χ4n) is 3.20. The van der Waals surface area contributed by atoms with E-state index in [-0.39, 0.29) is 18.7 Å². The summed E-state index contributed by atoms with van der Waals surface area (Å²) < 4.78 is 12.5. The van der Waals surface area contributed by atoms with Crippen molar-refractivity contribution in [3.63, 3.8) is 0 Å². The first-order valence-electron chi connectivity index (χ1n) is 8.83. The standard InChI is InChI=1S/C20H20N4O4/c1-12(13-7-8-17-18(9-13)28-11-27-17)21-20(26)23-22-19(25)15-10-24(2)16-6-4-3-5-14(15)16/h3-10,12H,11H2,1-2H3,(H,22,25)(H2,21,23,26). The highest BCUT2D eigenvalue weighted by molar-refractivity contribution is 6.07. The van der Waals surface area contributed by atoms with Gasteiger partial charge in [0.1, 0.15) is 0 Å². The molecule has 0 aliphatic carbocycles. The van der Waals surface area contributed by atoms with Gasteiger partial charge in [-0.05, 0) is 30.7 Å². The molecule has 2 heterocycles. The zero-order valence-electron chi connectivity index (χ0n) is 15.5. The Bertz CT molecular complexity index is 1060. The summed E-state index contributed by atoms with van der Waals surface area (Å²) in [5.41, 5.74) is 7.12. The van der Waals surface area contributed by atoms with Gasteiger partial charge in [0, 0.05) is 24.1 Å². The van der Waals surface area contributed by atoms with E-state index in [0.717, 1.165) is 16.5 Å². The molecule has 0 saturated carbocycles. The minimum absolute atomic E-state index is 0.196. The Labute approximate surface area is 161 Å². The highest BCUT2D eigenvalue weighted by atomic mass is 16.7. The van der Waals surface area contributed by atoms with E-state index in [1.165, 1.54) is 0 Å². The smallest absolute Gasteiger partial charge is 0.333 e. The second-order valence-electron chi connectivity index (χ2n) is 6.56. The zero-order chi connectivity index (χ0) is 19.7. The maximum Gasteiger partial charge on any atom is 0.333 e. The minimum Gasteiger partial charge on any atom is -0.454 e. The number of aromatic nitrogens is 1. The van der Waals surface area contributed by atoms with Gasteiger partial charge in [-0.1, -0.05) is 24.3 Å². The first kappa shape index (κ1) is 17.7. The molecule has 3 amide bonds. The Balaban J connectivity index is 1.37. The van der Waals surface area contributed by atoms with E-state index in [9.17, 15) is 9.59 Å². The lowest BCUT2D eigenvalue weighted by molar-refractivity contribution is 0.0937. The molecule has 4 rings (SSSR count). The largest absolute Gasteiger partial charge is 0.454 e. The van der Waals surface area contributed by atoms with Crippen LogP contribution in [0.4, 0.5) is 4.79 Å². The van der Waals surface area contributed by atoms with E-state index < -0.39 is 6.03 Å². The number of hydrogen-bond donors (Lipinski definition) is 3. The van der Waals surface area contributed by atoms with Crippen LogP contribution >= 0.6 is 0 Å². The van der Waals surface area contributed by atoms with Crippen LogP contribution in [-0.2, 0) is 7.05 Å². The third kappa shape index (κ3) is 3.32. The van der Waals surface area contributed by atoms with Crippen LogP contribution < -0.4 is 25.6 Å². The lowest BCUT2D eigenvalue weighted by atomic mass is 10.1. The van der Waals surface area contributed by atoms with Gasteiger partial charge in [0.25, 0.3) is 5.91 Å². The lowest BCUT2D eigenvalue weighted by Crippen LogP contribution is -2.47. The Hall–Kier alpha value is -3.68. The molecule has 3 aromatic rings. The first-order chi connectivity index (χ1) is 13.5. The number of aryl methyl sites for hydroxylation is 1. The number of carbonyl (C=O) groups excluding carboxylic acids is 2. The van der Waals surface area contributed by atoms with Crippen LogP contribution in [0.15, 0.2) is 48.7 Å². The van der Waals surface area contributed by atoms with Gasteiger partial charge in [-0.2, -0.15) is 0 Å². The van der Waals surface area contributed by atoms with Gasteiger partial charge in [0.05, 0.1) is 11.6 Å². The Morgan fingerprint density at radius 2 is 1.86 bits per heavy atom. The molecule has 1 atom stereocenters. The van der Waals surface area contributed by atoms with Crippen molar-refractivity contribution in [2.45, 2.75) is 13.0 Å². The number of fused-ring (bicyclic) bond motifs is 2. The Morgan fingerprint density at radius 3 is 2.71 bits per heavy atom. The van der Waals surface area contributed by atoms with Gasteiger partial charge in [-0.25, -0.2) is 10.2 Å². The highest BCUT2D eigenvalue weighted by Gasteiger charge is 2.18. The molecule has 1 aromatic heterocycles. The van der Waals surface area contributed by atoms with Crippen molar-refractivity contribution in [3.05, 3.63) is 59.8 Å². The monoisotopic (exact) mass is 380 g/mol. The summed E-state index contributed by atoms with van der Waals surface area (Å²) >= 11 is 0. The maximum absolute atomic E-state index is 12.5. The molecule has 1 aliphatic heterocycles. The van der Waals surface area contributed by atoms with Crippen molar-refractivity contribution in [1.82, 2.24) is 20.7 Å². The number of para-hydroxylation sites is 1. The number of hydrogen-bond acceptors (Lipinski definition) is 4. The zero-order valence-corrected chi connectivity index (χ0v) is 15.5. The number of benzene rings is 2. The summed E-state index contributed by atoms with van der Waals surface area (Å²) in [5, 5.41) is 3.59. The normalized spacial score (nSPS) is 13.2. The van der Waals surface area contributed by atoms with Gasteiger partial charge < -0.3 is 19.4 Å². The van der Waals surface area contributed by atoms with Crippen LogP contribution in [0.1, 0.15) is 28.9 Å². The predicted octanol–water partition coefficient (Wildman–Crippen LogP) is 2.61. The molecule has 8 nitrogen and oxygen atoms in total. The highest BCUT2D eigenvalue weighted by Crippen LogP contribution is 2.34. The minimum atomic E-state index is -0.515. The molecule has 3 N–H and O–H groups in total. The van der Waals surface area contributed by atoms with Gasteiger partial charge in [-0.15, -0.1) is 0 Å². The van der Waals surface area contributed by atoms with Crippen LogP contribution in [0.5, 0.6) is 11.5 Å². The third-order valence-electron chi connectivity index (χ3n) is 4.68.